The van der Waals surface area contributed by atoms with Crippen LogP contribution < -0.4 is 16.0 Å². The molecule has 0 fully saturated rings. The number of carbonyl (C=O) groups excluding carboxylic acids is 3. The Labute approximate surface area is 304 Å². The highest BCUT2D eigenvalue weighted by atomic mass is 32.1. The Kier molecular flexibility index (Phi) is 13.7. The van der Waals surface area contributed by atoms with Gasteiger partial charge in [-0.05, 0) is 68.7 Å². The lowest BCUT2D eigenvalue weighted by atomic mass is 9.85. The Balaban J connectivity index is 1.54. The first-order valence-corrected chi connectivity index (χ1v) is 17.9. The second-order valence-corrected chi connectivity index (χ2v) is 15.5. The maximum Gasteiger partial charge on any atom is 0.408 e. The summed E-state index contributed by atoms with van der Waals surface area (Å²) in [6, 6.07) is 20.8. The number of carbonyl (C=O) groups is 3. The van der Waals surface area contributed by atoms with Crippen molar-refractivity contribution in [3.8, 4) is 11.3 Å². The molecular formula is C39H49N5O6S. The van der Waals surface area contributed by atoms with Gasteiger partial charge in [-0.1, -0.05) is 81.4 Å². The van der Waals surface area contributed by atoms with Gasteiger partial charge in [0.1, 0.15) is 18.2 Å². The van der Waals surface area contributed by atoms with E-state index < -0.39 is 53.3 Å². The molecule has 4 aromatic rings. The van der Waals surface area contributed by atoms with Crippen LogP contribution in [0.4, 0.5) is 9.59 Å². The number of benzene rings is 2. The number of aliphatic hydroxyl groups is 1. The number of nitrogens with zero attached hydrogens (tertiary/aromatic N) is 2. The van der Waals surface area contributed by atoms with Crippen LogP contribution in [0.25, 0.3) is 11.3 Å². The van der Waals surface area contributed by atoms with Gasteiger partial charge in [-0.15, -0.1) is 11.3 Å². The van der Waals surface area contributed by atoms with Crippen molar-refractivity contribution in [1.29, 1.82) is 0 Å². The number of aromatic nitrogens is 2. The predicted molar refractivity (Wildman–Crippen MR) is 198 cm³/mol. The van der Waals surface area contributed by atoms with Crippen LogP contribution in [0.5, 0.6) is 0 Å². The number of rotatable bonds is 14. The van der Waals surface area contributed by atoms with Gasteiger partial charge < -0.3 is 30.5 Å². The number of hydrogen-bond donors (Lipinski definition) is 4. The standard InChI is InChI=1S/C39H49N5O6S/c1-38(2,3)34(44-36(47)49-24-30-23-40-25-51-30)35(46)43-32(21-26-12-8-7-9-13-26)33(45)22-29(42-37(48)50-39(4,5)6)20-27-15-17-28(18-16-27)31-14-10-11-19-41-31/h7-19,23,25,29,32-34,45H,20-22,24H2,1-6H3,(H,42,48)(H,43,46)(H,44,47)/t29-,32-,33-,34+/m0/s1. The van der Waals surface area contributed by atoms with Crippen molar-refractivity contribution in [2.24, 2.45) is 5.41 Å². The van der Waals surface area contributed by atoms with Crippen LogP contribution in [0.1, 0.15) is 64.0 Å². The summed E-state index contributed by atoms with van der Waals surface area (Å²) in [4.78, 5) is 48.9. The monoisotopic (exact) mass is 715 g/mol. The van der Waals surface area contributed by atoms with Gasteiger partial charge >= 0.3 is 12.2 Å². The van der Waals surface area contributed by atoms with E-state index in [4.69, 9.17) is 9.47 Å². The zero-order chi connectivity index (χ0) is 37.0. The van der Waals surface area contributed by atoms with E-state index in [9.17, 15) is 19.5 Å². The van der Waals surface area contributed by atoms with Gasteiger partial charge in [0, 0.05) is 24.0 Å². The molecule has 0 aliphatic heterocycles. The van der Waals surface area contributed by atoms with Gasteiger partial charge in [0.25, 0.3) is 0 Å². The van der Waals surface area contributed by atoms with E-state index in [0.717, 1.165) is 27.3 Å². The lowest BCUT2D eigenvalue weighted by molar-refractivity contribution is -0.127. The number of amides is 3. The molecule has 0 radical (unpaired) electrons. The Morgan fingerprint density at radius 1 is 0.824 bits per heavy atom. The first kappa shape index (κ1) is 39.0. The van der Waals surface area contributed by atoms with Crippen LogP contribution in [0, 0.1) is 5.41 Å². The number of aliphatic hydroxyl groups excluding tert-OH is 1. The molecule has 2 aromatic carbocycles. The highest BCUT2D eigenvalue weighted by Crippen LogP contribution is 2.23. The molecule has 2 aromatic heterocycles. The first-order chi connectivity index (χ1) is 24.2. The fraction of sp³-hybridized carbons (Fsp3) is 0.410. The molecule has 12 heteroatoms. The number of alkyl carbamates (subject to hydrolysis) is 2. The fourth-order valence-electron chi connectivity index (χ4n) is 5.46. The quantitative estimate of drug-likeness (QED) is 0.116. The third-order valence-electron chi connectivity index (χ3n) is 7.95. The molecule has 0 aliphatic rings. The van der Waals surface area contributed by atoms with Crippen molar-refractivity contribution in [2.45, 2.75) is 97.2 Å². The van der Waals surface area contributed by atoms with Crippen molar-refractivity contribution in [1.82, 2.24) is 25.9 Å². The van der Waals surface area contributed by atoms with E-state index in [1.807, 2.05) is 93.6 Å². The van der Waals surface area contributed by atoms with Crippen LogP contribution in [-0.2, 0) is 33.7 Å². The summed E-state index contributed by atoms with van der Waals surface area (Å²) in [5.74, 6) is -0.473. The minimum atomic E-state index is -1.10. The molecule has 272 valence electrons. The molecule has 0 saturated heterocycles. The van der Waals surface area contributed by atoms with Gasteiger partial charge in [-0.25, -0.2) is 9.59 Å². The molecular weight excluding hydrogens is 667 g/mol. The van der Waals surface area contributed by atoms with E-state index in [1.54, 1.807) is 38.7 Å². The lowest BCUT2D eigenvalue weighted by Crippen LogP contribution is -2.58. The summed E-state index contributed by atoms with van der Waals surface area (Å²) in [7, 11) is 0. The smallest absolute Gasteiger partial charge is 0.408 e. The van der Waals surface area contributed by atoms with Gasteiger partial charge in [-0.2, -0.15) is 0 Å². The number of thiazole rings is 1. The minimum absolute atomic E-state index is 0.0300. The van der Waals surface area contributed by atoms with Crippen molar-refractivity contribution >= 4 is 29.4 Å². The minimum Gasteiger partial charge on any atom is -0.444 e. The van der Waals surface area contributed by atoms with Crippen LogP contribution in [0.2, 0.25) is 0 Å². The average molecular weight is 716 g/mol. The molecule has 0 saturated carbocycles. The Bertz CT molecular complexity index is 1670. The van der Waals surface area contributed by atoms with Gasteiger partial charge in [-0.3, -0.25) is 14.8 Å². The number of hydrogen-bond acceptors (Lipinski definition) is 9. The highest BCUT2D eigenvalue weighted by molar-refractivity contribution is 7.09. The second-order valence-electron chi connectivity index (χ2n) is 14.6. The Morgan fingerprint density at radius 3 is 2.12 bits per heavy atom. The Morgan fingerprint density at radius 2 is 1.51 bits per heavy atom. The fourth-order valence-corrected chi connectivity index (χ4v) is 5.96. The van der Waals surface area contributed by atoms with Crippen LogP contribution in [-0.4, -0.2) is 63.0 Å². The van der Waals surface area contributed by atoms with E-state index in [1.165, 1.54) is 11.3 Å². The number of nitrogens with one attached hydrogen (secondary N) is 3. The van der Waals surface area contributed by atoms with E-state index >= 15 is 0 Å². The molecule has 4 N–H and O–H groups in total. The van der Waals surface area contributed by atoms with Crippen molar-refractivity contribution < 1.29 is 29.0 Å². The maximum atomic E-state index is 13.9. The topological polar surface area (TPSA) is 152 Å². The predicted octanol–water partition coefficient (Wildman–Crippen LogP) is 6.46. The van der Waals surface area contributed by atoms with E-state index in [0.29, 0.717) is 12.8 Å². The lowest BCUT2D eigenvalue weighted by Gasteiger charge is -2.34. The number of ether oxygens (including phenoxy) is 2. The zero-order valence-electron chi connectivity index (χ0n) is 30.1. The van der Waals surface area contributed by atoms with Crippen LogP contribution in [0.3, 0.4) is 0 Å². The summed E-state index contributed by atoms with van der Waals surface area (Å²) < 4.78 is 10.9. The van der Waals surface area contributed by atoms with Crippen molar-refractivity contribution in [2.75, 3.05) is 0 Å². The molecule has 3 amide bonds. The molecule has 4 atom stereocenters. The molecule has 4 rings (SSSR count). The largest absolute Gasteiger partial charge is 0.444 e. The number of pyridine rings is 1. The Hall–Kier alpha value is -4.81. The molecule has 0 aliphatic carbocycles. The van der Waals surface area contributed by atoms with E-state index in [-0.39, 0.29) is 13.0 Å². The summed E-state index contributed by atoms with van der Waals surface area (Å²) in [5, 5.41) is 20.5. The van der Waals surface area contributed by atoms with E-state index in [2.05, 4.69) is 25.9 Å². The highest BCUT2D eigenvalue weighted by Gasteiger charge is 2.36. The summed E-state index contributed by atoms with van der Waals surface area (Å²) >= 11 is 1.36. The molecule has 11 nitrogen and oxygen atoms in total. The third-order valence-corrected chi connectivity index (χ3v) is 8.71. The molecule has 2 heterocycles. The third kappa shape index (κ3) is 13.1. The SMILES string of the molecule is CC(C)(C)OC(=O)N[C@@H](Cc1ccc(-c2ccccn2)cc1)C[C@H](O)[C@H](Cc1ccccc1)NC(=O)[C@@H](NC(=O)OCc1cncs1)C(C)(C)C. The molecule has 0 spiro atoms. The van der Waals surface area contributed by atoms with Gasteiger partial charge in [0.2, 0.25) is 5.91 Å². The summed E-state index contributed by atoms with van der Waals surface area (Å²) in [6.45, 7) is 10.9. The van der Waals surface area contributed by atoms with Crippen LogP contribution >= 0.6 is 11.3 Å². The molecule has 51 heavy (non-hydrogen) atoms. The van der Waals surface area contributed by atoms with Gasteiger partial charge in [0.15, 0.2) is 0 Å². The maximum absolute atomic E-state index is 13.9. The van der Waals surface area contributed by atoms with Crippen molar-refractivity contribution in [3.63, 3.8) is 0 Å². The normalized spacial score (nSPS) is 14.0. The van der Waals surface area contributed by atoms with Crippen molar-refractivity contribution in [3.05, 3.63) is 107 Å². The average Bonchev–Trinajstić information content (AvgIpc) is 3.59. The summed E-state index contributed by atoms with van der Waals surface area (Å²) in [6.07, 6.45) is 1.71. The molecule has 0 unspecified atom stereocenters. The molecule has 0 bridgehead atoms. The second kappa shape index (κ2) is 17.9. The van der Waals surface area contributed by atoms with Crippen LogP contribution in [0.15, 0.2) is 90.7 Å². The van der Waals surface area contributed by atoms with Gasteiger partial charge in [0.05, 0.1) is 28.2 Å². The summed E-state index contributed by atoms with van der Waals surface area (Å²) in [5.41, 5.74) is 3.85. The first-order valence-electron chi connectivity index (χ1n) is 17.0. The zero-order valence-corrected chi connectivity index (χ0v) is 30.9.